The Morgan fingerprint density at radius 2 is 1.70 bits per heavy atom. The van der Waals surface area contributed by atoms with E-state index in [2.05, 4.69) is 20.3 Å². The van der Waals surface area contributed by atoms with Crippen LogP contribution in [0.3, 0.4) is 0 Å². The van der Waals surface area contributed by atoms with Crippen molar-refractivity contribution in [1.29, 1.82) is 0 Å². The van der Waals surface area contributed by atoms with Gasteiger partial charge in [-0.2, -0.15) is 13.2 Å². The molecule has 116 valence electrons. The lowest BCUT2D eigenvalue weighted by molar-refractivity contribution is -0.137. The van der Waals surface area contributed by atoms with Crippen molar-refractivity contribution in [3.05, 3.63) is 60.0 Å². The number of benzene rings is 1. The normalized spacial score (nSPS) is 11.4. The summed E-state index contributed by atoms with van der Waals surface area (Å²) in [5, 5.41) is 2.51. The van der Waals surface area contributed by atoms with Crippen LogP contribution >= 0.6 is 0 Å². The zero-order valence-electron chi connectivity index (χ0n) is 11.5. The molecular weight excluding hydrogens is 309 g/mol. The van der Waals surface area contributed by atoms with Crippen molar-refractivity contribution < 1.29 is 18.0 Å². The number of rotatable bonds is 2. The third-order valence-corrected chi connectivity index (χ3v) is 3.06. The van der Waals surface area contributed by atoms with Crippen molar-refractivity contribution in [3.8, 4) is 0 Å². The van der Waals surface area contributed by atoms with E-state index in [1.165, 1.54) is 36.8 Å². The zero-order valence-corrected chi connectivity index (χ0v) is 11.5. The summed E-state index contributed by atoms with van der Waals surface area (Å²) in [6.07, 6.45) is -0.126. The summed E-state index contributed by atoms with van der Waals surface area (Å²) in [6, 6.07) is 5.69. The number of carbonyl (C=O) groups excluding carboxylic acids is 1. The van der Waals surface area contributed by atoms with Gasteiger partial charge in [-0.3, -0.25) is 9.78 Å². The summed E-state index contributed by atoms with van der Waals surface area (Å²) in [6.45, 7) is 0. The van der Waals surface area contributed by atoms with Crippen LogP contribution in [0.15, 0.2) is 48.9 Å². The standard InChI is InChI=1S/C15H9F3N4O/c16-15(17,18)10-1-3-11(4-2-10)22-14(23)9-7-12-13(21-8-9)20-6-5-19-12/h1-8H,(H,22,23). The van der Waals surface area contributed by atoms with Gasteiger partial charge in [-0.05, 0) is 30.3 Å². The Morgan fingerprint density at radius 3 is 2.39 bits per heavy atom. The van der Waals surface area contributed by atoms with Crippen LogP contribution in [0.4, 0.5) is 18.9 Å². The van der Waals surface area contributed by atoms with Crippen LogP contribution in [0.2, 0.25) is 0 Å². The van der Waals surface area contributed by atoms with E-state index in [1.807, 2.05) is 0 Å². The first-order valence-electron chi connectivity index (χ1n) is 6.49. The fourth-order valence-corrected chi connectivity index (χ4v) is 1.93. The van der Waals surface area contributed by atoms with Gasteiger partial charge < -0.3 is 5.32 Å². The van der Waals surface area contributed by atoms with Crippen molar-refractivity contribution in [3.63, 3.8) is 0 Å². The van der Waals surface area contributed by atoms with E-state index >= 15 is 0 Å². The summed E-state index contributed by atoms with van der Waals surface area (Å²) < 4.78 is 37.5. The maximum atomic E-state index is 12.5. The monoisotopic (exact) mass is 318 g/mol. The lowest BCUT2D eigenvalue weighted by Crippen LogP contribution is -2.13. The van der Waals surface area contributed by atoms with Gasteiger partial charge in [0.2, 0.25) is 0 Å². The Labute approximate surface area is 128 Å². The fourth-order valence-electron chi connectivity index (χ4n) is 1.93. The maximum Gasteiger partial charge on any atom is 0.416 e. The summed E-state index contributed by atoms with van der Waals surface area (Å²) in [5.74, 6) is -0.496. The molecule has 3 aromatic rings. The molecule has 0 bridgehead atoms. The molecule has 0 aliphatic heterocycles. The van der Waals surface area contributed by atoms with Crippen LogP contribution < -0.4 is 5.32 Å². The second-order valence-corrected chi connectivity index (χ2v) is 4.65. The van der Waals surface area contributed by atoms with E-state index in [0.29, 0.717) is 11.2 Å². The molecule has 2 aromatic heterocycles. The molecule has 0 unspecified atom stereocenters. The number of fused-ring (bicyclic) bond motifs is 1. The van der Waals surface area contributed by atoms with Gasteiger partial charge in [-0.25, -0.2) is 9.97 Å². The molecule has 1 N–H and O–H groups in total. The number of pyridine rings is 1. The molecule has 1 amide bonds. The number of nitrogens with zero attached hydrogens (tertiary/aromatic N) is 3. The van der Waals surface area contributed by atoms with Crippen molar-refractivity contribution in [1.82, 2.24) is 15.0 Å². The van der Waals surface area contributed by atoms with Crippen molar-refractivity contribution in [2.75, 3.05) is 5.32 Å². The van der Waals surface area contributed by atoms with Crippen LogP contribution in [-0.4, -0.2) is 20.9 Å². The molecule has 0 saturated heterocycles. The second kappa shape index (κ2) is 5.64. The van der Waals surface area contributed by atoms with E-state index in [9.17, 15) is 18.0 Å². The summed E-state index contributed by atoms with van der Waals surface area (Å²) in [4.78, 5) is 24.2. The lowest BCUT2D eigenvalue weighted by Gasteiger charge is -2.09. The van der Waals surface area contributed by atoms with E-state index in [1.54, 1.807) is 0 Å². The Morgan fingerprint density at radius 1 is 1.00 bits per heavy atom. The second-order valence-electron chi connectivity index (χ2n) is 4.65. The highest BCUT2D eigenvalue weighted by Gasteiger charge is 2.30. The van der Waals surface area contributed by atoms with Crippen molar-refractivity contribution in [2.45, 2.75) is 6.18 Å². The predicted molar refractivity (Wildman–Crippen MR) is 76.7 cm³/mol. The number of alkyl halides is 3. The Hall–Kier alpha value is -3.03. The van der Waals surface area contributed by atoms with E-state index in [-0.39, 0.29) is 11.3 Å². The molecule has 0 aliphatic rings. The van der Waals surface area contributed by atoms with Gasteiger partial charge >= 0.3 is 6.18 Å². The largest absolute Gasteiger partial charge is 0.416 e. The molecule has 23 heavy (non-hydrogen) atoms. The van der Waals surface area contributed by atoms with Gasteiger partial charge in [0, 0.05) is 24.3 Å². The zero-order chi connectivity index (χ0) is 16.4. The molecule has 3 rings (SSSR count). The van der Waals surface area contributed by atoms with Gasteiger partial charge in [0.15, 0.2) is 5.65 Å². The number of nitrogens with one attached hydrogen (secondary N) is 1. The average molecular weight is 318 g/mol. The number of hydrogen-bond acceptors (Lipinski definition) is 4. The van der Waals surface area contributed by atoms with Gasteiger partial charge in [0.25, 0.3) is 5.91 Å². The van der Waals surface area contributed by atoms with Crippen LogP contribution in [0.25, 0.3) is 11.2 Å². The summed E-state index contributed by atoms with van der Waals surface area (Å²) >= 11 is 0. The fraction of sp³-hybridized carbons (Fsp3) is 0.0667. The minimum absolute atomic E-state index is 0.234. The number of amides is 1. The molecule has 0 atom stereocenters. The quantitative estimate of drug-likeness (QED) is 0.787. The number of anilines is 1. The minimum Gasteiger partial charge on any atom is -0.322 e. The molecule has 2 heterocycles. The highest BCUT2D eigenvalue weighted by Crippen LogP contribution is 2.29. The van der Waals surface area contributed by atoms with Gasteiger partial charge in [-0.15, -0.1) is 0 Å². The molecule has 5 nitrogen and oxygen atoms in total. The number of hydrogen-bond donors (Lipinski definition) is 1. The topological polar surface area (TPSA) is 67.8 Å². The summed E-state index contributed by atoms with van der Waals surface area (Å²) in [7, 11) is 0. The molecular formula is C15H9F3N4O. The number of aromatic nitrogens is 3. The maximum absolute atomic E-state index is 12.5. The minimum atomic E-state index is -4.41. The first-order valence-corrected chi connectivity index (χ1v) is 6.49. The van der Waals surface area contributed by atoms with Gasteiger partial charge in [-0.1, -0.05) is 0 Å². The smallest absolute Gasteiger partial charge is 0.322 e. The number of carbonyl (C=O) groups is 1. The predicted octanol–water partition coefficient (Wildman–Crippen LogP) is 3.30. The Bertz CT molecular complexity index is 862. The van der Waals surface area contributed by atoms with Crippen LogP contribution in [0.5, 0.6) is 0 Å². The molecule has 0 spiro atoms. The SMILES string of the molecule is O=C(Nc1ccc(C(F)(F)F)cc1)c1cnc2nccnc2c1. The molecule has 8 heteroatoms. The van der Waals surface area contributed by atoms with E-state index in [0.717, 1.165) is 12.1 Å². The first kappa shape index (κ1) is 14.9. The lowest BCUT2D eigenvalue weighted by atomic mass is 10.2. The molecule has 0 aliphatic carbocycles. The third kappa shape index (κ3) is 3.25. The Balaban J connectivity index is 1.80. The third-order valence-electron chi connectivity index (χ3n) is 3.06. The van der Waals surface area contributed by atoms with Crippen molar-refractivity contribution >= 4 is 22.8 Å². The highest BCUT2D eigenvalue weighted by atomic mass is 19.4. The highest BCUT2D eigenvalue weighted by molar-refractivity contribution is 6.05. The van der Waals surface area contributed by atoms with E-state index < -0.39 is 17.6 Å². The van der Waals surface area contributed by atoms with Gasteiger partial charge in [0.05, 0.1) is 11.1 Å². The molecule has 1 aromatic carbocycles. The molecule has 0 fully saturated rings. The van der Waals surface area contributed by atoms with Crippen LogP contribution in [0, 0.1) is 0 Å². The van der Waals surface area contributed by atoms with Crippen molar-refractivity contribution in [2.24, 2.45) is 0 Å². The van der Waals surface area contributed by atoms with E-state index in [4.69, 9.17) is 0 Å². The number of halogens is 3. The Kier molecular flexibility index (Phi) is 3.65. The summed E-state index contributed by atoms with van der Waals surface area (Å²) in [5.41, 5.74) is 0.560. The first-order chi connectivity index (χ1) is 10.9. The van der Waals surface area contributed by atoms with Crippen LogP contribution in [-0.2, 0) is 6.18 Å². The average Bonchev–Trinajstić information content (AvgIpc) is 2.54. The van der Waals surface area contributed by atoms with Crippen LogP contribution in [0.1, 0.15) is 15.9 Å². The molecule has 0 saturated carbocycles. The van der Waals surface area contributed by atoms with Gasteiger partial charge in [0.1, 0.15) is 5.52 Å². The molecule has 0 radical (unpaired) electrons.